The van der Waals surface area contributed by atoms with Gasteiger partial charge in [0.1, 0.15) is 18.1 Å². The van der Waals surface area contributed by atoms with E-state index in [1.54, 1.807) is 13.8 Å². The van der Waals surface area contributed by atoms with Crippen LogP contribution in [0.4, 0.5) is 0 Å². The van der Waals surface area contributed by atoms with Crippen LogP contribution in [0.3, 0.4) is 0 Å². The Morgan fingerprint density at radius 1 is 1.11 bits per heavy atom. The van der Waals surface area contributed by atoms with Crippen LogP contribution >= 0.6 is 0 Å². The van der Waals surface area contributed by atoms with Crippen molar-refractivity contribution in [1.29, 1.82) is 0 Å². The topological polar surface area (TPSA) is 185 Å². The molecule has 1 saturated heterocycles. The van der Waals surface area contributed by atoms with Crippen molar-refractivity contribution < 1.29 is 29.1 Å². The van der Waals surface area contributed by atoms with Gasteiger partial charge in [-0.25, -0.2) is 4.79 Å². The summed E-state index contributed by atoms with van der Waals surface area (Å²) < 4.78 is 0. The van der Waals surface area contributed by atoms with Gasteiger partial charge in [-0.05, 0) is 37.2 Å². The number of carboxylic acids is 1. The summed E-state index contributed by atoms with van der Waals surface area (Å²) >= 11 is 0. The minimum absolute atomic E-state index is 0.0491. The van der Waals surface area contributed by atoms with Crippen LogP contribution in [0.2, 0.25) is 0 Å². The van der Waals surface area contributed by atoms with Gasteiger partial charge in [-0.2, -0.15) is 0 Å². The second-order valence-electron chi connectivity index (χ2n) is 9.12. The van der Waals surface area contributed by atoms with Gasteiger partial charge >= 0.3 is 5.97 Å². The number of hydrogen-bond acceptors (Lipinski definition) is 6. The fourth-order valence-corrected chi connectivity index (χ4v) is 4.05. The van der Waals surface area contributed by atoms with Crippen molar-refractivity contribution in [3.63, 3.8) is 0 Å². The maximum absolute atomic E-state index is 13.4. The van der Waals surface area contributed by atoms with Crippen molar-refractivity contribution in [2.24, 2.45) is 17.4 Å². The van der Waals surface area contributed by atoms with Gasteiger partial charge in [0.25, 0.3) is 0 Å². The first-order chi connectivity index (χ1) is 16.5. The van der Waals surface area contributed by atoms with Gasteiger partial charge in [0.05, 0.1) is 6.04 Å². The summed E-state index contributed by atoms with van der Waals surface area (Å²) in [6.45, 7) is 3.60. The van der Waals surface area contributed by atoms with Gasteiger partial charge in [-0.1, -0.05) is 44.2 Å². The molecule has 4 unspecified atom stereocenters. The molecule has 0 bridgehead atoms. The Morgan fingerprint density at radius 3 is 2.34 bits per heavy atom. The Kier molecular flexibility index (Phi) is 10.2. The van der Waals surface area contributed by atoms with E-state index in [1.165, 1.54) is 4.90 Å². The normalized spacial score (nSPS) is 17.9. The summed E-state index contributed by atoms with van der Waals surface area (Å²) in [5.41, 5.74) is 12.2. The molecular weight excluding hydrogens is 454 g/mol. The lowest BCUT2D eigenvalue weighted by Crippen LogP contribution is -2.57. The van der Waals surface area contributed by atoms with Gasteiger partial charge < -0.3 is 32.1 Å². The largest absolute Gasteiger partial charge is 0.480 e. The molecule has 11 nitrogen and oxygen atoms in total. The number of carboxylic acid groups (broad SMARTS) is 1. The first-order valence-electron chi connectivity index (χ1n) is 11.7. The lowest BCUT2D eigenvalue weighted by Gasteiger charge is -2.30. The average Bonchev–Trinajstić information content (AvgIpc) is 3.29. The molecule has 0 saturated carbocycles. The van der Waals surface area contributed by atoms with E-state index in [2.05, 4.69) is 10.6 Å². The van der Waals surface area contributed by atoms with Crippen LogP contribution in [-0.4, -0.2) is 70.3 Å². The Morgan fingerprint density at radius 2 is 1.77 bits per heavy atom. The van der Waals surface area contributed by atoms with Crippen LogP contribution in [0.15, 0.2) is 30.3 Å². The first kappa shape index (κ1) is 27.8. The highest BCUT2D eigenvalue weighted by Crippen LogP contribution is 2.20. The summed E-state index contributed by atoms with van der Waals surface area (Å²) in [5, 5.41) is 14.5. The fraction of sp³-hybridized carbons (Fsp3) is 0.542. The van der Waals surface area contributed by atoms with Crippen molar-refractivity contribution in [2.45, 2.75) is 70.1 Å². The maximum Gasteiger partial charge on any atom is 0.326 e. The standard InChI is InChI=1S/C24H35N5O6/c1-14(2)20(24(34)35)28-22(32)18-9-6-12-29(18)23(33)17(10-11-19(26)30)27-21(31)16(25)13-15-7-4-3-5-8-15/h3-5,7-8,14,16-18,20H,6,9-13,25H2,1-2H3,(H2,26,30)(H,27,31)(H,28,32)(H,34,35). The molecule has 4 atom stereocenters. The summed E-state index contributed by atoms with van der Waals surface area (Å²) in [6, 6.07) is 5.14. The number of benzene rings is 1. The van der Waals surface area contributed by atoms with E-state index in [0.717, 1.165) is 5.56 Å². The highest BCUT2D eigenvalue weighted by Gasteiger charge is 2.39. The van der Waals surface area contributed by atoms with E-state index < -0.39 is 53.8 Å². The quantitative estimate of drug-likeness (QED) is 0.262. The molecule has 35 heavy (non-hydrogen) atoms. The number of carbonyl (C=O) groups is 5. The number of hydrogen-bond donors (Lipinski definition) is 5. The third kappa shape index (κ3) is 8.06. The summed E-state index contributed by atoms with van der Waals surface area (Å²) in [5.74, 6) is -3.83. The number of likely N-dealkylation sites (tertiary alicyclic amines) is 1. The summed E-state index contributed by atoms with van der Waals surface area (Å²) in [7, 11) is 0. The lowest BCUT2D eigenvalue weighted by molar-refractivity contribution is -0.145. The molecule has 2 rings (SSSR count). The SMILES string of the molecule is CC(C)C(NC(=O)C1CCCN1C(=O)C(CCC(N)=O)NC(=O)C(N)Cc1ccccc1)C(=O)O. The van der Waals surface area contributed by atoms with Crippen LogP contribution in [-0.2, 0) is 30.4 Å². The molecule has 0 aromatic heterocycles. The number of aliphatic carboxylic acids is 1. The number of carbonyl (C=O) groups excluding carboxylic acids is 4. The van der Waals surface area contributed by atoms with Crippen molar-refractivity contribution in [1.82, 2.24) is 15.5 Å². The zero-order valence-electron chi connectivity index (χ0n) is 20.1. The van der Waals surface area contributed by atoms with Gasteiger partial charge in [-0.15, -0.1) is 0 Å². The van der Waals surface area contributed by atoms with Crippen LogP contribution in [0, 0.1) is 5.92 Å². The molecule has 7 N–H and O–H groups in total. The van der Waals surface area contributed by atoms with Gasteiger partial charge in [0.2, 0.25) is 23.6 Å². The minimum atomic E-state index is -1.16. The van der Waals surface area contributed by atoms with Crippen molar-refractivity contribution in [3.05, 3.63) is 35.9 Å². The molecule has 1 aromatic rings. The highest BCUT2D eigenvalue weighted by molar-refractivity contribution is 5.94. The molecule has 1 aliphatic rings. The number of rotatable bonds is 12. The van der Waals surface area contributed by atoms with Crippen molar-refractivity contribution in [2.75, 3.05) is 6.54 Å². The van der Waals surface area contributed by atoms with E-state index in [-0.39, 0.29) is 31.7 Å². The van der Waals surface area contributed by atoms with Crippen molar-refractivity contribution >= 4 is 29.6 Å². The Bertz CT molecular complexity index is 922. The van der Waals surface area contributed by atoms with E-state index in [1.807, 2.05) is 30.3 Å². The molecule has 1 aromatic carbocycles. The van der Waals surface area contributed by atoms with Crippen LogP contribution < -0.4 is 22.1 Å². The van der Waals surface area contributed by atoms with Crippen molar-refractivity contribution in [3.8, 4) is 0 Å². The minimum Gasteiger partial charge on any atom is -0.480 e. The number of primary amides is 1. The first-order valence-corrected chi connectivity index (χ1v) is 11.7. The van der Waals surface area contributed by atoms with Gasteiger partial charge in [0.15, 0.2) is 0 Å². The van der Waals surface area contributed by atoms with Crippen LogP contribution in [0.5, 0.6) is 0 Å². The summed E-state index contributed by atoms with van der Waals surface area (Å²) in [6.07, 6.45) is 0.944. The molecule has 0 spiro atoms. The molecule has 1 fully saturated rings. The van der Waals surface area contributed by atoms with Crippen LogP contribution in [0.25, 0.3) is 0 Å². The van der Waals surface area contributed by atoms with Gasteiger partial charge in [0, 0.05) is 13.0 Å². The Balaban J connectivity index is 2.13. The molecular formula is C24H35N5O6. The van der Waals surface area contributed by atoms with Gasteiger partial charge in [-0.3, -0.25) is 19.2 Å². The van der Waals surface area contributed by atoms with E-state index in [0.29, 0.717) is 12.8 Å². The molecule has 11 heteroatoms. The zero-order valence-corrected chi connectivity index (χ0v) is 20.1. The second kappa shape index (κ2) is 12.8. The lowest BCUT2D eigenvalue weighted by atomic mass is 10.0. The third-order valence-electron chi connectivity index (χ3n) is 6.00. The number of amides is 4. The van der Waals surface area contributed by atoms with Crippen LogP contribution in [0.1, 0.15) is 45.1 Å². The smallest absolute Gasteiger partial charge is 0.326 e. The predicted molar refractivity (Wildman–Crippen MR) is 128 cm³/mol. The third-order valence-corrected chi connectivity index (χ3v) is 6.00. The molecule has 0 aliphatic carbocycles. The number of nitrogens with one attached hydrogen (secondary N) is 2. The van der Waals surface area contributed by atoms with E-state index in [4.69, 9.17) is 11.5 Å². The summed E-state index contributed by atoms with van der Waals surface area (Å²) in [4.78, 5) is 63.2. The molecule has 4 amide bonds. The zero-order chi connectivity index (χ0) is 26.1. The molecule has 192 valence electrons. The Hall–Kier alpha value is -3.47. The fourth-order valence-electron chi connectivity index (χ4n) is 4.05. The number of nitrogens with zero attached hydrogens (tertiary/aromatic N) is 1. The Labute approximate surface area is 204 Å². The second-order valence-corrected chi connectivity index (χ2v) is 9.12. The monoisotopic (exact) mass is 489 g/mol. The van der Waals surface area contributed by atoms with E-state index in [9.17, 15) is 29.1 Å². The molecule has 1 aliphatic heterocycles. The maximum atomic E-state index is 13.4. The molecule has 0 radical (unpaired) electrons. The number of nitrogens with two attached hydrogens (primary N) is 2. The molecule has 1 heterocycles. The predicted octanol–water partition coefficient (Wildman–Crippen LogP) is -0.477. The van der Waals surface area contributed by atoms with E-state index >= 15 is 0 Å². The highest BCUT2D eigenvalue weighted by atomic mass is 16.4. The average molecular weight is 490 g/mol.